The van der Waals surface area contributed by atoms with Crippen LogP contribution in [0.25, 0.3) is 0 Å². The number of anilines is 1. The molecular formula is C16H17ClN4O6S. The maximum Gasteiger partial charge on any atom is 0.312 e. The van der Waals surface area contributed by atoms with Crippen molar-refractivity contribution in [3.8, 4) is 5.75 Å². The molecular weight excluding hydrogens is 412 g/mol. The number of halogens is 1. The molecule has 1 aromatic heterocycles. The van der Waals surface area contributed by atoms with Crippen molar-refractivity contribution >= 4 is 38.9 Å². The number of aryl methyl sites for hydroxylation is 1. The van der Waals surface area contributed by atoms with Crippen LogP contribution in [0.15, 0.2) is 24.3 Å². The standard InChI is InChI=1S/C16H17ClN4O6S/c1-10-6-15(20(19-10)12-4-5-28(25,26)9-12)18-16(22)8-27-14-3-2-11(17)7-13(14)21(23)24/h2-3,6-7,12H,4-5,8-9H2,1H3,(H,18,22). The van der Waals surface area contributed by atoms with Crippen LogP contribution in [0.2, 0.25) is 5.02 Å². The molecule has 1 atom stereocenters. The quantitative estimate of drug-likeness (QED) is 0.550. The number of ether oxygens (including phenoxy) is 1. The van der Waals surface area contributed by atoms with E-state index in [1.54, 1.807) is 13.0 Å². The molecule has 1 aliphatic heterocycles. The lowest BCUT2D eigenvalue weighted by Crippen LogP contribution is -2.24. The Kier molecular flexibility index (Phi) is 5.57. The molecule has 2 aromatic rings. The molecule has 150 valence electrons. The van der Waals surface area contributed by atoms with Gasteiger partial charge >= 0.3 is 5.69 Å². The number of nitrogens with zero attached hydrogens (tertiary/aromatic N) is 3. The van der Waals surface area contributed by atoms with E-state index in [9.17, 15) is 23.3 Å². The molecule has 28 heavy (non-hydrogen) atoms. The first kappa shape index (κ1) is 20.1. The lowest BCUT2D eigenvalue weighted by atomic mass is 10.3. The number of benzene rings is 1. The maximum absolute atomic E-state index is 12.2. The molecule has 1 unspecified atom stereocenters. The van der Waals surface area contributed by atoms with E-state index in [4.69, 9.17) is 16.3 Å². The number of nitrogens with one attached hydrogen (secondary N) is 1. The van der Waals surface area contributed by atoms with Crippen LogP contribution in [0, 0.1) is 17.0 Å². The molecule has 1 fully saturated rings. The number of nitro benzene ring substituents is 1. The number of hydrogen-bond donors (Lipinski definition) is 1. The van der Waals surface area contributed by atoms with Crippen LogP contribution in [0.5, 0.6) is 5.75 Å². The third-order valence-corrected chi connectivity index (χ3v) is 6.14. The number of rotatable bonds is 6. The minimum absolute atomic E-state index is 0.0372. The van der Waals surface area contributed by atoms with Crippen molar-refractivity contribution in [1.29, 1.82) is 0 Å². The van der Waals surface area contributed by atoms with Crippen molar-refractivity contribution < 1.29 is 22.9 Å². The molecule has 0 saturated carbocycles. The fourth-order valence-corrected chi connectivity index (χ4v) is 4.79. The Morgan fingerprint density at radius 2 is 2.21 bits per heavy atom. The average Bonchev–Trinajstić information content (AvgIpc) is 3.15. The van der Waals surface area contributed by atoms with Gasteiger partial charge in [0.05, 0.1) is 28.2 Å². The van der Waals surface area contributed by atoms with Gasteiger partial charge in [-0.1, -0.05) is 11.6 Å². The highest BCUT2D eigenvalue weighted by Gasteiger charge is 2.31. The predicted octanol–water partition coefficient (Wildman–Crippen LogP) is 2.13. The second-order valence-corrected chi connectivity index (χ2v) is 9.04. The summed E-state index contributed by atoms with van der Waals surface area (Å²) in [4.78, 5) is 22.7. The molecule has 0 aliphatic carbocycles. The molecule has 3 rings (SSSR count). The Labute approximate surface area is 165 Å². The molecule has 1 N–H and O–H groups in total. The van der Waals surface area contributed by atoms with Gasteiger partial charge in [0.25, 0.3) is 5.91 Å². The van der Waals surface area contributed by atoms with Crippen LogP contribution in [0.1, 0.15) is 18.2 Å². The SMILES string of the molecule is Cc1cc(NC(=O)COc2ccc(Cl)cc2[N+](=O)[O-])n(C2CCS(=O)(=O)C2)n1. The Morgan fingerprint density at radius 3 is 2.86 bits per heavy atom. The number of amides is 1. The minimum Gasteiger partial charge on any atom is -0.477 e. The van der Waals surface area contributed by atoms with Crippen LogP contribution in [-0.4, -0.2) is 47.1 Å². The van der Waals surface area contributed by atoms with E-state index in [-0.39, 0.29) is 34.0 Å². The normalized spacial score (nSPS) is 18.0. The van der Waals surface area contributed by atoms with Crippen LogP contribution in [-0.2, 0) is 14.6 Å². The van der Waals surface area contributed by atoms with Crippen LogP contribution in [0.3, 0.4) is 0 Å². The molecule has 1 amide bonds. The zero-order valence-corrected chi connectivity index (χ0v) is 16.4. The zero-order chi connectivity index (χ0) is 20.5. The van der Waals surface area contributed by atoms with E-state index < -0.39 is 27.3 Å². The number of hydrogen-bond acceptors (Lipinski definition) is 7. The van der Waals surface area contributed by atoms with Crippen molar-refractivity contribution in [2.75, 3.05) is 23.4 Å². The molecule has 10 nitrogen and oxygen atoms in total. The molecule has 1 saturated heterocycles. The fourth-order valence-electron chi connectivity index (χ4n) is 2.93. The van der Waals surface area contributed by atoms with E-state index >= 15 is 0 Å². The van der Waals surface area contributed by atoms with Gasteiger partial charge in [-0.3, -0.25) is 14.9 Å². The third kappa shape index (κ3) is 4.60. The van der Waals surface area contributed by atoms with E-state index in [1.807, 2.05) is 0 Å². The highest BCUT2D eigenvalue weighted by molar-refractivity contribution is 7.91. The number of aromatic nitrogens is 2. The first-order valence-electron chi connectivity index (χ1n) is 8.28. The summed E-state index contributed by atoms with van der Waals surface area (Å²) in [6.45, 7) is 1.25. The van der Waals surface area contributed by atoms with Crippen molar-refractivity contribution in [1.82, 2.24) is 9.78 Å². The summed E-state index contributed by atoms with van der Waals surface area (Å²) >= 11 is 5.74. The number of nitro groups is 1. The van der Waals surface area contributed by atoms with E-state index in [0.29, 0.717) is 17.9 Å². The van der Waals surface area contributed by atoms with E-state index in [0.717, 1.165) is 6.07 Å². The Bertz CT molecular complexity index is 1040. The van der Waals surface area contributed by atoms with Gasteiger partial charge in [0.15, 0.2) is 22.2 Å². The first-order valence-corrected chi connectivity index (χ1v) is 10.5. The van der Waals surface area contributed by atoms with Gasteiger partial charge in [-0.25, -0.2) is 13.1 Å². The molecule has 12 heteroatoms. The fraction of sp³-hybridized carbons (Fsp3) is 0.375. The van der Waals surface area contributed by atoms with Crippen molar-refractivity contribution in [2.24, 2.45) is 0 Å². The van der Waals surface area contributed by atoms with Gasteiger partial charge in [-0.2, -0.15) is 5.10 Å². The van der Waals surface area contributed by atoms with Gasteiger partial charge in [0.2, 0.25) is 0 Å². The summed E-state index contributed by atoms with van der Waals surface area (Å²) in [5.41, 5.74) is 0.270. The molecule has 1 aliphatic rings. The summed E-state index contributed by atoms with van der Waals surface area (Å²) in [5, 5.41) is 18.1. The van der Waals surface area contributed by atoms with Crippen LogP contribution >= 0.6 is 11.6 Å². The highest BCUT2D eigenvalue weighted by atomic mass is 35.5. The molecule has 0 radical (unpaired) electrons. The summed E-state index contributed by atoms with van der Waals surface area (Å²) in [6, 6.07) is 5.13. The van der Waals surface area contributed by atoms with Gasteiger partial charge < -0.3 is 10.1 Å². The smallest absolute Gasteiger partial charge is 0.312 e. The van der Waals surface area contributed by atoms with Crippen LogP contribution < -0.4 is 10.1 Å². The Balaban J connectivity index is 1.69. The van der Waals surface area contributed by atoms with Gasteiger partial charge in [-0.15, -0.1) is 0 Å². The van der Waals surface area contributed by atoms with Crippen molar-refractivity contribution in [2.45, 2.75) is 19.4 Å². The Morgan fingerprint density at radius 1 is 1.46 bits per heavy atom. The lowest BCUT2D eigenvalue weighted by molar-refractivity contribution is -0.385. The highest BCUT2D eigenvalue weighted by Crippen LogP contribution is 2.30. The van der Waals surface area contributed by atoms with Crippen molar-refractivity contribution in [3.05, 3.63) is 45.1 Å². The second-order valence-electron chi connectivity index (χ2n) is 6.38. The zero-order valence-electron chi connectivity index (χ0n) is 14.8. The molecule has 0 bridgehead atoms. The van der Waals surface area contributed by atoms with E-state index in [1.165, 1.54) is 16.8 Å². The summed E-state index contributed by atoms with van der Waals surface area (Å²) in [6.07, 6.45) is 0.416. The topological polar surface area (TPSA) is 133 Å². The first-order chi connectivity index (χ1) is 13.1. The lowest BCUT2D eigenvalue weighted by Gasteiger charge is -2.14. The van der Waals surface area contributed by atoms with Gasteiger partial charge in [-0.05, 0) is 25.5 Å². The number of carbonyl (C=O) groups is 1. The maximum atomic E-state index is 12.2. The third-order valence-electron chi connectivity index (χ3n) is 4.16. The number of sulfone groups is 1. The van der Waals surface area contributed by atoms with Crippen molar-refractivity contribution in [3.63, 3.8) is 0 Å². The monoisotopic (exact) mass is 428 g/mol. The summed E-state index contributed by atoms with van der Waals surface area (Å²) in [7, 11) is -3.12. The largest absolute Gasteiger partial charge is 0.477 e. The molecule has 1 aromatic carbocycles. The summed E-state index contributed by atoms with van der Waals surface area (Å²) < 4.78 is 30.2. The van der Waals surface area contributed by atoms with Gasteiger partial charge in [0.1, 0.15) is 5.82 Å². The van der Waals surface area contributed by atoms with E-state index in [2.05, 4.69) is 10.4 Å². The summed E-state index contributed by atoms with van der Waals surface area (Å²) in [5.74, 6) is -0.265. The predicted molar refractivity (Wildman–Crippen MR) is 102 cm³/mol. The average molecular weight is 429 g/mol. The molecule has 2 heterocycles. The van der Waals surface area contributed by atoms with Crippen LogP contribution in [0.4, 0.5) is 11.5 Å². The van der Waals surface area contributed by atoms with Gasteiger partial charge in [0, 0.05) is 17.2 Å². The molecule has 0 spiro atoms. The second kappa shape index (κ2) is 7.76. The Hall–Kier alpha value is -2.66. The number of carbonyl (C=O) groups excluding carboxylic acids is 1. The minimum atomic E-state index is -3.12.